The number of esters is 1. The quantitative estimate of drug-likeness (QED) is 0.468. The molecule has 1 N–H and O–H groups in total. The smallest absolute Gasteiger partial charge is 0.325 e. The van der Waals surface area contributed by atoms with Gasteiger partial charge in [-0.1, -0.05) is 0 Å². The first-order valence-electron chi connectivity index (χ1n) is 6.17. The molecule has 0 radical (unpaired) electrons. The second-order valence-corrected chi connectivity index (χ2v) is 4.09. The minimum atomic E-state index is -0.378. The molecule has 0 unspecified atom stereocenters. The summed E-state index contributed by atoms with van der Waals surface area (Å²) in [5, 5.41) is 2.96. The molecule has 0 atom stereocenters. The number of carbonyl (C=O) groups excluding carboxylic acids is 2. The molecular weight excluding hydrogens is 236 g/mol. The maximum atomic E-state index is 11.9. The summed E-state index contributed by atoms with van der Waals surface area (Å²) in [5.41, 5.74) is 0. The SMILES string of the molecule is CCOC(=O)CN(C(=O)CNCCOC)C(C)C. The Morgan fingerprint density at radius 1 is 1.33 bits per heavy atom. The molecule has 0 aromatic carbocycles. The van der Waals surface area contributed by atoms with E-state index in [1.54, 1.807) is 14.0 Å². The van der Waals surface area contributed by atoms with Crippen LogP contribution in [0.15, 0.2) is 0 Å². The highest BCUT2D eigenvalue weighted by molar-refractivity contribution is 5.83. The van der Waals surface area contributed by atoms with Crippen LogP contribution in [0.5, 0.6) is 0 Å². The number of methoxy groups -OCH3 is 1. The Morgan fingerprint density at radius 3 is 2.50 bits per heavy atom. The van der Waals surface area contributed by atoms with Crippen LogP contribution in [-0.2, 0) is 19.1 Å². The van der Waals surface area contributed by atoms with Crippen LogP contribution in [0.25, 0.3) is 0 Å². The van der Waals surface area contributed by atoms with Crippen LogP contribution in [0.1, 0.15) is 20.8 Å². The molecule has 6 heteroatoms. The summed E-state index contributed by atoms with van der Waals surface area (Å²) in [5.74, 6) is -0.495. The van der Waals surface area contributed by atoms with Gasteiger partial charge in [-0.05, 0) is 20.8 Å². The number of rotatable bonds is 9. The van der Waals surface area contributed by atoms with Gasteiger partial charge in [-0.3, -0.25) is 9.59 Å². The van der Waals surface area contributed by atoms with E-state index in [1.807, 2.05) is 13.8 Å². The molecule has 6 nitrogen and oxygen atoms in total. The van der Waals surface area contributed by atoms with Crippen molar-refractivity contribution in [3.05, 3.63) is 0 Å². The van der Waals surface area contributed by atoms with Crippen LogP contribution in [0.3, 0.4) is 0 Å². The summed E-state index contributed by atoms with van der Waals surface area (Å²) >= 11 is 0. The maximum absolute atomic E-state index is 11.9. The van der Waals surface area contributed by atoms with Gasteiger partial charge in [0.25, 0.3) is 0 Å². The van der Waals surface area contributed by atoms with Gasteiger partial charge in [-0.25, -0.2) is 0 Å². The first-order valence-corrected chi connectivity index (χ1v) is 6.17. The lowest BCUT2D eigenvalue weighted by Gasteiger charge is -2.25. The fourth-order valence-corrected chi connectivity index (χ4v) is 1.38. The zero-order valence-corrected chi connectivity index (χ0v) is 11.7. The van der Waals surface area contributed by atoms with Gasteiger partial charge in [0.05, 0.1) is 19.8 Å². The molecule has 1 amide bonds. The summed E-state index contributed by atoms with van der Waals surface area (Å²) in [6.45, 7) is 7.15. The average Bonchev–Trinajstić information content (AvgIpc) is 2.31. The van der Waals surface area contributed by atoms with Gasteiger partial charge in [-0.15, -0.1) is 0 Å². The van der Waals surface area contributed by atoms with Crippen LogP contribution in [0.2, 0.25) is 0 Å². The molecule has 0 aliphatic carbocycles. The summed E-state index contributed by atoms with van der Waals surface area (Å²) < 4.78 is 9.71. The van der Waals surface area contributed by atoms with Crippen molar-refractivity contribution in [3.8, 4) is 0 Å². The first kappa shape index (κ1) is 16.9. The van der Waals surface area contributed by atoms with E-state index in [1.165, 1.54) is 4.90 Å². The maximum Gasteiger partial charge on any atom is 0.325 e. The van der Waals surface area contributed by atoms with E-state index in [-0.39, 0.29) is 31.0 Å². The van der Waals surface area contributed by atoms with Crippen molar-refractivity contribution in [2.24, 2.45) is 0 Å². The molecule has 0 rings (SSSR count). The average molecular weight is 260 g/mol. The van der Waals surface area contributed by atoms with Gasteiger partial charge in [0.2, 0.25) is 5.91 Å². The van der Waals surface area contributed by atoms with E-state index >= 15 is 0 Å². The molecule has 0 bridgehead atoms. The van der Waals surface area contributed by atoms with Crippen molar-refractivity contribution in [1.29, 1.82) is 0 Å². The zero-order chi connectivity index (χ0) is 14.0. The second kappa shape index (κ2) is 9.85. The zero-order valence-electron chi connectivity index (χ0n) is 11.7. The first-order chi connectivity index (χ1) is 8.52. The largest absolute Gasteiger partial charge is 0.465 e. The van der Waals surface area contributed by atoms with Gasteiger partial charge >= 0.3 is 5.97 Å². The molecule has 18 heavy (non-hydrogen) atoms. The van der Waals surface area contributed by atoms with E-state index < -0.39 is 0 Å². The number of nitrogens with one attached hydrogen (secondary N) is 1. The second-order valence-electron chi connectivity index (χ2n) is 4.09. The molecule has 0 aromatic heterocycles. The van der Waals surface area contributed by atoms with Crippen LogP contribution in [0.4, 0.5) is 0 Å². The van der Waals surface area contributed by atoms with Crippen molar-refractivity contribution in [2.75, 3.05) is 40.0 Å². The monoisotopic (exact) mass is 260 g/mol. The Labute approximate surface area is 109 Å². The Bertz CT molecular complexity index is 256. The van der Waals surface area contributed by atoms with Crippen molar-refractivity contribution < 1.29 is 19.1 Å². The number of carbonyl (C=O) groups is 2. The lowest BCUT2D eigenvalue weighted by molar-refractivity contribution is -0.149. The highest BCUT2D eigenvalue weighted by Gasteiger charge is 2.20. The molecule has 0 fully saturated rings. The fourth-order valence-electron chi connectivity index (χ4n) is 1.38. The molecular formula is C12H24N2O4. The topological polar surface area (TPSA) is 67.9 Å². The van der Waals surface area contributed by atoms with E-state index in [4.69, 9.17) is 9.47 Å². The van der Waals surface area contributed by atoms with Crippen LogP contribution in [-0.4, -0.2) is 62.8 Å². The third-order valence-corrected chi connectivity index (χ3v) is 2.31. The predicted molar refractivity (Wildman–Crippen MR) is 68.2 cm³/mol. The normalized spacial score (nSPS) is 10.5. The molecule has 0 spiro atoms. The Morgan fingerprint density at radius 2 is 2.00 bits per heavy atom. The van der Waals surface area contributed by atoms with Crippen molar-refractivity contribution in [2.45, 2.75) is 26.8 Å². The van der Waals surface area contributed by atoms with Crippen molar-refractivity contribution >= 4 is 11.9 Å². The Balaban J connectivity index is 4.15. The third kappa shape index (κ3) is 7.24. The molecule has 0 heterocycles. The Kier molecular flexibility index (Phi) is 9.22. The van der Waals surface area contributed by atoms with E-state index in [9.17, 15) is 9.59 Å². The molecule has 0 aliphatic rings. The van der Waals surface area contributed by atoms with Gasteiger partial charge in [0, 0.05) is 19.7 Å². The van der Waals surface area contributed by atoms with Gasteiger partial charge < -0.3 is 19.7 Å². The highest BCUT2D eigenvalue weighted by Crippen LogP contribution is 1.99. The minimum Gasteiger partial charge on any atom is -0.465 e. The van der Waals surface area contributed by atoms with Crippen LogP contribution < -0.4 is 5.32 Å². The fraction of sp³-hybridized carbons (Fsp3) is 0.833. The van der Waals surface area contributed by atoms with E-state index in [0.29, 0.717) is 19.8 Å². The summed E-state index contributed by atoms with van der Waals surface area (Å²) in [4.78, 5) is 24.8. The number of amides is 1. The minimum absolute atomic E-state index is 0.00367. The van der Waals surface area contributed by atoms with Gasteiger partial charge in [0.15, 0.2) is 0 Å². The van der Waals surface area contributed by atoms with Crippen molar-refractivity contribution in [3.63, 3.8) is 0 Å². The predicted octanol–water partition coefficient (Wildman–Crippen LogP) is 0.0225. The summed E-state index contributed by atoms with van der Waals surface area (Å²) in [7, 11) is 1.60. The lowest BCUT2D eigenvalue weighted by Crippen LogP contribution is -2.45. The molecule has 106 valence electrons. The summed E-state index contributed by atoms with van der Waals surface area (Å²) in [6.07, 6.45) is 0. The molecule has 0 aliphatic heterocycles. The van der Waals surface area contributed by atoms with Gasteiger partial charge in [0.1, 0.15) is 6.54 Å². The number of nitrogens with zero attached hydrogens (tertiary/aromatic N) is 1. The summed E-state index contributed by atoms with van der Waals surface area (Å²) in [6, 6.07) is -0.0360. The molecule has 0 saturated heterocycles. The standard InChI is InChI=1S/C12H24N2O4/c1-5-18-12(16)9-14(10(2)3)11(15)8-13-6-7-17-4/h10,13H,5-9H2,1-4H3. The van der Waals surface area contributed by atoms with Crippen molar-refractivity contribution in [1.82, 2.24) is 10.2 Å². The molecule has 0 saturated carbocycles. The molecule has 0 aromatic rings. The van der Waals surface area contributed by atoms with E-state index in [0.717, 1.165) is 0 Å². The van der Waals surface area contributed by atoms with Crippen LogP contribution >= 0.6 is 0 Å². The lowest BCUT2D eigenvalue weighted by atomic mass is 10.3. The van der Waals surface area contributed by atoms with Gasteiger partial charge in [-0.2, -0.15) is 0 Å². The number of hydrogen-bond donors (Lipinski definition) is 1. The number of ether oxygens (including phenoxy) is 2. The number of hydrogen-bond acceptors (Lipinski definition) is 5. The third-order valence-electron chi connectivity index (χ3n) is 2.31. The Hall–Kier alpha value is -1.14. The highest BCUT2D eigenvalue weighted by atomic mass is 16.5. The van der Waals surface area contributed by atoms with Crippen LogP contribution in [0, 0.1) is 0 Å². The van der Waals surface area contributed by atoms with E-state index in [2.05, 4.69) is 5.32 Å².